The van der Waals surface area contributed by atoms with Crippen molar-refractivity contribution >= 4 is 17.6 Å². The van der Waals surface area contributed by atoms with Crippen molar-refractivity contribution < 1.29 is 28.9 Å². The quantitative estimate of drug-likeness (QED) is 0.301. The Kier molecular flexibility index (Phi) is 14.2. The van der Waals surface area contributed by atoms with Crippen LogP contribution < -0.4 is 20.1 Å². The Morgan fingerprint density at radius 2 is 1.79 bits per heavy atom. The number of urea groups is 1. The molecule has 0 saturated heterocycles. The molecule has 10 nitrogen and oxygen atoms in total. The molecule has 2 aromatic carbocycles. The average molecular weight is 653 g/mol. The third kappa shape index (κ3) is 11.1. The van der Waals surface area contributed by atoms with E-state index in [-0.39, 0.29) is 42.7 Å². The van der Waals surface area contributed by atoms with Crippen LogP contribution in [0.1, 0.15) is 88.1 Å². The monoisotopic (exact) mass is 652 g/mol. The molecule has 2 aromatic rings. The molecule has 10 heteroatoms. The van der Waals surface area contributed by atoms with Crippen LogP contribution in [0.25, 0.3) is 0 Å². The van der Waals surface area contributed by atoms with Gasteiger partial charge in [-0.3, -0.25) is 9.69 Å². The number of likely N-dealkylation sites (N-methyl/N-ethyl adjacent to an activating group) is 1. The molecule has 4 atom stereocenters. The third-order valence-corrected chi connectivity index (χ3v) is 9.35. The molecule has 3 amide bonds. The maximum atomic E-state index is 14.4. The lowest BCUT2D eigenvalue weighted by atomic mass is 9.96. The predicted molar refractivity (Wildman–Crippen MR) is 185 cm³/mol. The summed E-state index contributed by atoms with van der Waals surface area (Å²) in [5, 5.41) is 16.3. The molecule has 0 radical (unpaired) electrons. The molecule has 1 saturated carbocycles. The number of aliphatic hydroxyl groups excluding tert-OH is 1. The van der Waals surface area contributed by atoms with Gasteiger partial charge in [-0.05, 0) is 88.9 Å². The minimum Gasteiger partial charge on any atom is -0.497 e. The first-order valence-corrected chi connectivity index (χ1v) is 17.4. The summed E-state index contributed by atoms with van der Waals surface area (Å²) in [4.78, 5) is 31.2. The zero-order valence-electron chi connectivity index (χ0n) is 29.0. The number of benzene rings is 2. The number of nitrogens with zero attached hydrogens (tertiary/aromatic N) is 2. The van der Waals surface area contributed by atoms with Gasteiger partial charge >= 0.3 is 6.03 Å². The predicted octanol–water partition coefficient (Wildman–Crippen LogP) is 6.08. The van der Waals surface area contributed by atoms with Gasteiger partial charge < -0.3 is 34.9 Å². The fourth-order valence-electron chi connectivity index (χ4n) is 6.48. The summed E-state index contributed by atoms with van der Waals surface area (Å²) in [5.41, 5.74) is 2.06. The molecule has 0 unspecified atom stereocenters. The molecule has 47 heavy (non-hydrogen) atoms. The molecule has 1 heterocycles. The molecule has 4 rings (SSSR count). The number of amides is 3. The lowest BCUT2D eigenvalue weighted by Gasteiger charge is -2.36. The second-order valence-corrected chi connectivity index (χ2v) is 13.5. The summed E-state index contributed by atoms with van der Waals surface area (Å²) in [7, 11) is 3.75. The number of carbonyl (C=O) groups is 2. The van der Waals surface area contributed by atoms with Crippen LogP contribution in [0.15, 0.2) is 42.5 Å². The van der Waals surface area contributed by atoms with Crippen molar-refractivity contribution in [3.63, 3.8) is 0 Å². The van der Waals surface area contributed by atoms with E-state index in [1.54, 1.807) is 30.2 Å². The second-order valence-electron chi connectivity index (χ2n) is 13.5. The topological polar surface area (TPSA) is 113 Å². The van der Waals surface area contributed by atoms with E-state index in [0.717, 1.165) is 57.2 Å². The van der Waals surface area contributed by atoms with Crippen LogP contribution >= 0.6 is 0 Å². The Morgan fingerprint density at radius 3 is 2.49 bits per heavy atom. The van der Waals surface area contributed by atoms with Gasteiger partial charge in [0.15, 0.2) is 0 Å². The molecule has 0 aromatic heterocycles. The molecule has 260 valence electrons. The smallest absolute Gasteiger partial charge is 0.319 e. The maximum Gasteiger partial charge on any atom is 0.319 e. The number of anilines is 1. The third-order valence-electron chi connectivity index (χ3n) is 9.35. The van der Waals surface area contributed by atoms with E-state index in [9.17, 15) is 14.7 Å². The van der Waals surface area contributed by atoms with Gasteiger partial charge in [-0.2, -0.15) is 0 Å². The van der Waals surface area contributed by atoms with Gasteiger partial charge in [0, 0.05) is 43.9 Å². The van der Waals surface area contributed by atoms with Crippen LogP contribution in [0.5, 0.6) is 11.5 Å². The van der Waals surface area contributed by atoms with Crippen LogP contribution in [0.2, 0.25) is 0 Å². The van der Waals surface area contributed by atoms with Crippen LogP contribution in [-0.2, 0) is 11.3 Å². The average Bonchev–Trinajstić information content (AvgIpc) is 3.06. The molecule has 2 aliphatic rings. The molecule has 1 fully saturated rings. The van der Waals surface area contributed by atoms with Gasteiger partial charge in [0.2, 0.25) is 0 Å². The summed E-state index contributed by atoms with van der Waals surface area (Å²) in [6.07, 6.45) is 7.81. The number of carbonyl (C=O) groups excluding carboxylic acids is 2. The van der Waals surface area contributed by atoms with Crippen molar-refractivity contribution in [1.82, 2.24) is 15.1 Å². The van der Waals surface area contributed by atoms with E-state index in [0.29, 0.717) is 36.7 Å². The molecule has 1 aliphatic heterocycles. The van der Waals surface area contributed by atoms with Crippen molar-refractivity contribution in [2.45, 2.75) is 103 Å². The summed E-state index contributed by atoms with van der Waals surface area (Å²) < 4.78 is 18.2. The highest BCUT2D eigenvalue weighted by molar-refractivity contribution is 5.99. The number of ether oxygens (including phenoxy) is 3. The Balaban J connectivity index is 1.55. The van der Waals surface area contributed by atoms with Crippen molar-refractivity contribution in [3.05, 3.63) is 53.6 Å². The number of aliphatic hydroxyl groups is 1. The zero-order valence-corrected chi connectivity index (χ0v) is 29.0. The van der Waals surface area contributed by atoms with E-state index in [2.05, 4.69) is 41.6 Å². The van der Waals surface area contributed by atoms with Crippen LogP contribution in [0.4, 0.5) is 10.5 Å². The van der Waals surface area contributed by atoms with Gasteiger partial charge in [0.1, 0.15) is 11.5 Å². The Bertz CT molecular complexity index is 1270. The van der Waals surface area contributed by atoms with Gasteiger partial charge in [0.05, 0.1) is 37.5 Å². The molecule has 0 spiro atoms. The van der Waals surface area contributed by atoms with Gasteiger partial charge in [-0.1, -0.05) is 38.3 Å². The van der Waals surface area contributed by atoms with E-state index in [1.807, 2.05) is 26.0 Å². The fraction of sp³-hybridized carbons (Fsp3) is 0.622. The second kappa shape index (κ2) is 18.3. The number of methoxy groups -OCH3 is 1. The maximum absolute atomic E-state index is 14.4. The number of rotatable bonds is 9. The van der Waals surface area contributed by atoms with Gasteiger partial charge in [-0.15, -0.1) is 0 Å². The number of hydrogen-bond donors (Lipinski definition) is 3. The number of fused-ring (bicyclic) bond motifs is 1. The van der Waals surface area contributed by atoms with Crippen molar-refractivity contribution in [3.8, 4) is 11.5 Å². The SMILES string of the molecule is COc1ccc(CN(C)C[C@H]2OCCCC[C@H](C)Oc3ccc(NC(=O)NC4CCCCC4)cc3C(=O)N([C@@H](C)CO)C[C@@H]2C)cc1. The lowest BCUT2D eigenvalue weighted by Crippen LogP contribution is -2.47. The summed E-state index contributed by atoms with van der Waals surface area (Å²) in [6.45, 7) is 8.22. The first kappa shape index (κ1) is 36.5. The largest absolute Gasteiger partial charge is 0.497 e. The molecule has 3 N–H and O–H groups in total. The Morgan fingerprint density at radius 1 is 1.06 bits per heavy atom. The molecule has 1 aliphatic carbocycles. The van der Waals surface area contributed by atoms with E-state index >= 15 is 0 Å². The normalized spacial score (nSPS) is 22.5. The molecular formula is C37H56N4O6. The van der Waals surface area contributed by atoms with Crippen LogP contribution in [0.3, 0.4) is 0 Å². The van der Waals surface area contributed by atoms with Crippen LogP contribution in [-0.4, -0.2) is 91.6 Å². The number of nitrogens with one attached hydrogen (secondary N) is 2. The first-order chi connectivity index (χ1) is 22.7. The lowest BCUT2D eigenvalue weighted by molar-refractivity contribution is -0.0177. The minimum absolute atomic E-state index is 0.0277. The first-order valence-electron chi connectivity index (χ1n) is 17.4. The highest BCUT2D eigenvalue weighted by atomic mass is 16.5. The Hall–Kier alpha value is -3.34. The standard InChI is InChI=1S/C37H56N4O6/c1-26-22-41(27(2)25-42)36(43)33-21-31(39-37(44)38-30-12-7-6-8-13-30)16-19-34(33)47-28(3)11-9-10-20-46-35(26)24-40(4)23-29-14-17-32(45-5)18-15-29/h14-19,21,26-28,30,35,42H,6-13,20,22-25H2,1-5H3,(H2,38,39,44)/t26-,27-,28-,35+/m0/s1. The minimum atomic E-state index is -0.438. The fourth-order valence-corrected chi connectivity index (χ4v) is 6.48. The molecular weight excluding hydrogens is 596 g/mol. The van der Waals surface area contributed by atoms with E-state index in [4.69, 9.17) is 14.2 Å². The van der Waals surface area contributed by atoms with Crippen molar-refractivity contribution in [2.24, 2.45) is 5.92 Å². The van der Waals surface area contributed by atoms with Crippen molar-refractivity contribution in [1.29, 1.82) is 0 Å². The zero-order chi connectivity index (χ0) is 33.8. The summed E-state index contributed by atoms with van der Waals surface area (Å²) >= 11 is 0. The van der Waals surface area contributed by atoms with E-state index in [1.165, 1.54) is 12.0 Å². The van der Waals surface area contributed by atoms with Crippen LogP contribution in [0, 0.1) is 5.92 Å². The highest BCUT2D eigenvalue weighted by Crippen LogP contribution is 2.29. The summed E-state index contributed by atoms with van der Waals surface area (Å²) in [6, 6.07) is 12.8. The van der Waals surface area contributed by atoms with E-state index < -0.39 is 6.04 Å². The van der Waals surface area contributed by atoms with Gasteiger partial charge in [0.25, 0.3) is 5.91 Å². The highest BCUT2D eigenvalue weighted by Gasteiger charge is 2.30. The molecule has 0 bridgehead atoms. The summed E-state index contributed by atoms with van der Waals surface area (Å²) in [5.74, 6) is 1.03. The van der Waals surface area contributed by atoms with Gasteiger partial charge in [-0.25, -0.2) is 4.79 Å². The Labute approximate surface area is 281 Å². The van der Waals surface area contributed by atoms with Crippen molar-refractivity contribution in [2.75, 3.05) is 45.8 Å². The number of hydrogen-bond acceptors (Lipinski definition) is 7.